The van der Waals surface area contributed by atoms with Gasteiger partial charge in [0.05, 0.1) is 11.5 Å². The van der Waals surface area contributed by atoms with Gasteiger partial charge in [0, 0.05) is 0 Å². The number of carbonyl (C=O) groups is 1. The first-order chi connectivity index (χ1) is 14.8. The molecule has 5 aliphatic carbocycles. The third kappa shape index (κ3) is 2.85. The molecule has 8 atom stereocenters. The number of aliphatic hydroxyl groups is 1. The van der Waals surface area contributed by atoms with Gasteiger partial charge in [-0.3, -0.25) is 4.79 Å². The molecule has 2 N–H and O–H groups in total. The molecule has 4 fully saturated rings. The van der Waals surface area contributed by atoms with Crippen molar-refractivity contribution >= 4 is 5.97 Å². The fourth-order valence-electron chi connectivity index (χ4n) is 10.1. The van der Waals surface area contributed by atoms with Gasteiger partial charge in [0.15, 0.2) is 0 Å². The van der Waals surface area contributed by atoms with Crippen LogP contribution in [0.4, 0.5) is 0 Å². The van der Waals surface area contributed by atoms with E-state index in [0.29, 0.717) is 17.8 Å². The molecule has 0 saturated heterocycles. The second kappa shape index (κ2) is 6.86. The highest BCUT2D eigenvalue weighted by Gasteiger charge is 2.65. The zero-order valence-corrected chi connectivity index (χ0v) is 21.3. The second-order valence-corrected chi connectivity index (χ2v) is 14.4. The smallest absolute Gasteiger partial charge is 0.310 e. The van der Waals surface area contributed by atoms with E-state index >= 15 is 0 Å². The summed E-state index contributed by atoms with van der Waals surface area (Å²) in [6, 6.07) is 0. The molecule has 0 aromatic rings. The minimum atomic E-state index is -0.540. The Morgan fingerprint density at radius 3 is 2.28 bits per heavy atom. The molecule has 0 amide bonds. The summed E-state index contributed by atoms with van der Waals surface area (Å²) in [4.78, 5) is 12.7. The lowest BCUT2D eigenvalue weighted by molar-refractivity contribution is -0.177. The van der Waals surface area contributed by atoms with E-state index in [0.717, 1.165) is 51.4 Å². The lowest BCUT2D eigenvalue weighted by atomic mass is 9.38. The highest BCUT2D eigenvalue weighted by Crippen LogP contribution is 2.71. The molecular formula is C29H46O3. The largest absolute Gasteiger partial charge is 0.481 e. The third-order valence-corrected chi connectivity index (χ3v) is 12.2. The number of aliphatic carboxylic acids is 1. The molecule has 5 rings (SSSR count). The van der Waals surface area contributed by atoms with E-state index in [1.54, 1.807) is 0 Å². The van der Waals surface area contributed by atoms with Crippen molar-refractivity contribution in [1.29, 1.82) is 0 Å². The van der Waals surface area contributed by atoms with Gasteiger partial charge in [-0.1, -0.05) is 53.2 Å². The lowest BCUT2D eigenvalue weighted by Crippen LogP contribution is -2.61. The SMILES string of the molecule is CC1(C)CC[C@]2(C(=O)O)CC[C@]3(C)C(=CC[C@H]4C3CCC3C(C)(C)[C@@H](O)CC[C@@]34C)[C@H]2C1. The number of carboxylic acid groups (broad SMARTS) is 1. The molecule has 0 radical (unpaired) electrons. The van der Waals surface area contributed by atoms with Gasteiger partial charge in [-0.15, -0.1) is 0 Å². The molecule has 3 nitrogen and oxygen atoms in total. The van der Waals surface area contributed by atoms with Crippen LogP contribution in [-0.4, -0.2) is 22.3 Å². The van der Waals surface area contributed by atoms with Gasteiger partial charge in [0.25, 0.3) is 0 Å². The molecule has 2 unspecified atom stereocenters. The fourth-order valence-corrected chi connectivity index (χ4v) is 10.1. The van der Waals surface area contributed by atoms with Crippen molar-refractivity contribution in [3.05, 3.63) is 11.6 Å². The van der Waals surface area contributed by atoms with Crippen molar-refractivity contribution in [3.63, 3.8) is 0 Å². The Kier molecular flexibility index (Phi) is 4.92. The highest BCUT2D eigenvalue weighted by molar-refractivity contribution is 5.76. The Bertz CT molecular complexity index is 839. The molecule has 32 heavy (non-hydrogen) atoms. The number of carboxylic acids is 1. The number of hydrogen-bond acceptors (Lipinski definition) is 2. The van der Waals surface area contributed by atoms with Crippen molar-refractivity contribution in [2.75, 3.05) is 0 Å². The average Bonchev–Trinajstić information content (AvgIpc) is 2.70. The van der Waals surface area contributed by atoms with Crippen LogP contribution in [-0.2, 0) is 4.79 Å². The summed E-state index contributed by atoms with van der Waals surface area (Å²) in [7, 11) is 0. The third-order valence-electron chi connectivity index (χ3n) is 12.2. The minimum Gasteiger partial charge on any atom is -0.481 e. The first-order valence-corrected chi connectivity index (χ1v) is 13.4. The lowest BCUT2D eigenvalue weighted by Gasteiger charge is -2.67. The minimum absolute atomic E-state index is 0.0126. The number of aliphatic hydroxyl groups excluding tert-OH is 1. The van der Waals surface area contributed by atoms with E-state index in [2.05, 4.69) is 47.6 Å². The maximum absolute atomic E-state index is 12.7. The maximum atomic E-state index is 12.7. The Morgan fingerprint density at radius 2 is 1.59 bits per heavy atom. The van der Waals surface area contributed by atoms with Crippen LogP contribution in [0.15, 0.2) is 11.6 Å². The Labute approximate surface area is 195 Å². The molecule has 180 valence electrons. The van der Waals surface area contributed by atoms with Crippen LogP contribution in [0, 0.1) is 50.7 Å². The van der Waals surface area contributed by atoms with Crippen LogP contribution in [0.1, 0.15) is 106 Å². The van der Waals surface area contributed by atoms with Gasteiger partial charge < -0.3 is 10.2 Å². The van der Waals surface area contributed by atoms with E-state index in [4.69, 9.17) is 0 Å². The Hall–Kier alpha value is -0.830. The number of rotatable bonds is 1. The summed E-state index contributed by atoms with van der Waals surface area (Å²) in [5.41, 5.74) is 1.63. The van der Waals surface area contributed by atoms with Crippen LogP contribution in [0.25, 0.3) is 0 Å². The number of allylic oxidation sites excluding steroid dienone is 2. The van der Waals surface area contributed by atoms with Crippen molar-refractivity contribution < 1.29 is 15.0 Å². The van der Waals surface area contributed by atoms with Crippen molar-refractivity contribution in [3.8, 4) is 0 Å². The molecule has 0 spiro atoms. The van der Waals surface area contributed by atoms with Crippen LogP contribution < -0.4 is 0 Å². The zero-order valence-electron chi connectivity index (χ0n) is 21.3. The summed E-state index contributed by atoms with van der Waals surface area (Å²) >= 11 is 0. The molecule has 0 bridgehead atoms. The molecule has 0 heterocycles. The van der Waals surface area contributed by atoms with Crippen molar-refractivity contribution in [2.45, 2.75) is 112 Å². The monoisotopic (exact) mass is 442 g/mol. The first kappa shape index (κ1) is 22.9. The van der Waals surface area contributed by atoms with Crippen molar-refractivity contribution in [1.82, 2.24) is 0 Å². The number of fused-ring (bicyclic) bond motifs is 7. The van der Waals surface area contributed by atoms with Gasteiger partial charge in [-0.25, -0.2) is 0 Å². The summed E-state index contributed by atoms with van der Waals surface area (Å²) in [6.45, 7) is 14.3. The normalized spacial score (nSPS) is 51.3. The standard InChI is InChI=1S/C29H46O3/c1-25(2)13-15-29(24(31)32)16-14-27(5)18-9-10-22-26(3,4)23(30)11-12-28(22,6)19(18)7-8-20(27)21(29)17-25/h8,18-19,21-23,30H,7,9-17H2,1-6H3,(H,31,32)/t18?,19-,21+,22?,23-,27-,28+,29-/m0/s1. The fraction of sp³-hybridized carbons (Fsp3) is 0.897. The van der Waals surface area contributed by atoms with Gasteiger partial charge >= 0.3 is 5.97 Å². The van der Waals surface area contributed by atoms with Crippen molar-refractivity contribution in [2.24, 2.45) is 50.7 Å². The van der Waals surface area contributed by atoms with Crippen LogP contribution in [0.2, 0.25) is 0 Å². The molecule has 5 aliphatic rings. The van der Waals surface area contributed by atoms with Gasteiger partial charge in [-0.2, -0.15) is 0 Å². The molecule has 0 aliphatic heterocycles. The molecular weight excluding hydrogens is 396 g/mol. The first-order valence-electron chi connectivity index (χ1n) is 13.4. The topological polar surface area (TPSA) is 57.5 Å². The quantitative estimate of drug-likeness (QED) is 0.437. The predicted molar refractivity (Wildman–Crippen MR) is 128 cm³/mol. The maximum Gasteiger partial charge on any atom is 0.310 e. The van der Waals surface area contributed by atoms with Crippen LogP contribution in [0.5, 0.6) is 0 Å². The number of hydrogen-bond donors (Lipinski definition) is 2. The average molecular weight is 443 g/mol. The van der Waals surface area contributed by atoms with Gasteiger partial charge in [0.2, 0.25) is 0 Å². The summed E-state index contributed by atoms with van der Waals surface area (Å²) in [5.74, 6) is 1.57. The van der Waals surface area contributed by atoms with Gasteiger partial charge in [0.1, 0.15) is 0 Å². The molecule has 0 aromatic heterocycles. The van der Waals surface area contributed by atoms with E-state index in [9.17, 15) is 15.0 Å². The van der Waals surface area contributed by atoms with Crippen LogP contribution >= 0.6 is 0 Å². The summed E-state index contributed by atoms with van der Waals surface area (Å²) < 4.78 is 0. The molecule has 0 aromatic carbocycles. The Balaban J connectivity index is 1.55. The van der Waals surface area contributed by atoms with Gasteiger partial charge in [-0.05, 0) is 110 Å². The second-order valence-electron chi connectivity index (χ2n) is 14.4. The van der Waals surface area contributed by atoms with E-state index in [-0.39, 0.29) is 33.7 Å². The van der Waals surface area contributed by atoms with E-state index in [1.807, 2.05) is 0 Å². The summed E-state index contributed by atoms with van der Waals surface area (Å²) in [5, 5.41) is 21.2. The highest BCUT2D eigenvalue weighted by atomic mass is 16.4. The Morgan fingerprint density at radius 1 is 0.906 bits per heavy atom. The molecule has 4 saturated carbocycles. The zero-order chi connectivity index (χ0) is 23.3. The van der Waals surface area contributed by atoms with E-state index < -0.39 is 11.4 Å². The van der Waals surface area contributed by atoms with E-state index in [1.165, 1.54) is 18.4 Å². The summed E-state index contributed by atoms with van der Waals surface area (Å²) in [6.07, 6.45) is 12.8. The van der Waals surface area contributed by atoms with Crippen LogP contribution in [0.3, 0.4) is 0 Å². The molecule has 3 heteroatoms. The predicted octanol–water partition coefficient (Wildman–Crippen LogP) is 6.84.